The van der Waals surface area contributed by atoms with Crippen molar-refractivity contribution in [2.75, 3.05) is 4.31 Å². The third-order valence-corrected chi connectivity index (χ3v) is 6.97. The summed E-state index contributed by atoms with van der Waals surface area (Å²) in [4.78, 5) is 0.0147. The second kappa shape index (κ2) is 7.49. The lowest BCUT2D eigenvalue weighted by molar-refractivity contribution is 0.116. The lowest BCUT2D eigenvalue weighted by atomic mass is 10.0. The van der Waals surface area contributed by atoms with Gasteiger partial charge in [0.25, 0.3) is 15.9 Å². The zero-order valence-electron chi connectivity index (χ0n) is 16.2. The van der Waals surface area contributed by atoms with Gasteiger partial charge >= 0.3 is 6.43 Å². The monoisotopic (exact) mass is 457 g/mol. The van der Waals surface area contributed by atoms with Gasteiger partial charge in [-0.05, 0) is 41.5 Å². The highest BCUT2D eigenvalue weighted by Gasteiger charge is 2.36. The van der Waals surface area contributed by atoms with Crippen molar-refractivity contribution in [3.05, 3.63) is 84.0 Å². The average Bonchev–Trinajstić information content (AvgIpc) is 3.37. The Hall–Kier alpha value is -3.66. The van der Waals surface area contributed by atoms with Crippen molar-refractivity contribution in [2.45, 2.75) is 17.9 Å². The van der Waals surface area contributed by atoms with Crippen LogP contribution in [0, 0.1) is 5.82 Å². The van der Waals surface area contributed by atoms with Crippen molar-refractivity contribution in [3.8, 4) is 22.6 Å². The van der Waals surface area contributed by atoms with Crippen LogP contribution in [0.15, 0.2) is 76.0 Å². The third-order valence-electron chi connectivity index (χ3n) is 5.13. The molecule has 0 saturated heterocycles. The molecule has 32 heavy (non-hydrogen) atoms. The highest BCUT2D eigenvalue weighted by Crippen LogP contribution is 2.41. The molecular weight excluding hydrogens is 443 g/mol. The molecule has 0 spiro atoms. The van der Waals surface area contributed by atoms with Gasteiger partial charge in [0.2, 0.25) is 5.89 Å². The van der Waals surface area contributed by atoms with Crippen LogP contribution in [0.25, 0.3) is 22.6 Å². The minimum absolute atomic E-state index is 0.0147. The molecule has 0 amide bonds. The Morgan fingerprint density at radius 3 is 2.50 bits per heavy atom. The van der Waals surface area contributed by atoms with Gasteiger partial charge in [-0.25, -0.2) is 12.8 Å². The normalized spacial score (nSPS) is 14.7. The van der Waals surface area contributed by atoms with Crippen LogP contribution in [0.3, 0.4) is 0 Å². The minimum atomic E-state index is -3.98. The van der Waals surface area contributed by atoms with Crippen molar-refractivity contribution in [2.24, 2.45) is 0 Å². The molecule has 5 rings (SSSR count). The molecule has 3 aromatic carbocycles. The van der Waals surface area contributed by atoms with Crippen molar-refractivity contribution < 1.29 is 26.0 Å². The van der Waals surface area contributed by atoms with Crippen LogP contribution in [0.5, 0.6) is 0 Å². The number of rotatable bonds is 4. The molecule has 1 aliphatic heterocycles. The molecule has 1 aliphatic rings. The van der Waals surface area contributed by atoms with Crippen molar-refractivity contribution >= 4 is 15.7 Å². The molecule has 4 aromatic rings. The number of anilines is 1. The van der Waals surface area contributed by atoms with E-state index in [9.17, 15) is 21.6 Å². The maximum atomic E-state index is 13.8. The summed E-state index contributed by atoms with van der Waals surface area (Å²) in [5, 5.41) is 6.86. The third kappa shape index (κ3) is 3.32. The molecule has 0 unspecified atom stereocenters. The number of alkyl halides is 2. The van der Waals surface area contributed by atoms with E-state index in [-0.39, 0.29) is 22.9 Å². The Labute approximate surface area is 181 Å². The summed E-state index contributed by atoms with van der Waals surface area (Å²) in [6.07, 6.45) is -2.93. The average molecular weight is 457 g/mol. The van der Waals surface area contributed by atoms with Crippen molar-refractivity contribution in [3.63, 3.8) is 0 Å². The van der Waals surface area contributed by atoms with Gasteiger partial charge < -0.3 is 4.42 Å². The molecule has 0 fully saturated rings. The molecule has 1 aromatic heterocycles. The first kappa shape index (κ1) is 20.3. The van der Waals surface area contributed by atoms with Crippen LogP contribution >= 0.6 is 0 Å². The number of fused-ring (bicyclic) bond motifs is 1. The van der Waals surface area contributed by atoms with Gasteiger partial charge in [-0.2, -0.15) is 8.78 Å². The van der Waals surface area contributed by atoms with E-state index in [0.717, 1.165) is 0 Å². The quantitative estimate of drug-likeness (QED) is 0.422. The van der Waals surface area contributed by atoms with Crippen LogP contribution in [-0.4, -0.2) is 18.6 Å². The Morgan fingerprint density at radius 1 is 0.938 bits per heavy atom. The van der Waals surface area contributed by atoms with Gasteiger partial charge in [0.05, 0.1) is 17.1 Å². The molecular formula is C22H14F3N3O3S. The van der Waals surface area contributed by atoms with Crippen LogP contribution < -0.4 is 4.31 Å². The highest BCUT2D eigenvalue weighted by molar-refractivity contribution is 7.93. The summed E-state index contributed by atoms with van der Waals surface area (Å²) in [6.45, 7) is 0.0659. The molecule has 2 heterocycles. The standard InChI is InChI=1S/C22H14F3N3O3S/c23-16-5-3-4-13(10-16)17-6-1-2-7-18(17)28-12-15-9-8-14(11-19(15)32(28,29)30)21-26-27-22(31-21)20(24)25/h1-11,20H,12H2. The lowest BCUT2D eigenvalue weighted by Crippen LogP contribution is -2.24. The van der Waals surface area contributed by atoms with E-state index in [1.807, 2.05) is 0 Å². The molecule has 6 nitrogen and oxygen atoms in total. The van der Waals surface area contributed by atoms with E-state index in [0.29, 0.717) is 22.4 Å². The summed E-state index contributed by atoms with van der Waals surface area (Å²) in [6, 6.07) is 17.2. The fraction of sp³-hybridized carbons (Fsp3) is 0.0909. The van der Waals surface area contributed by atoms with Gasteiger partial charge in [0.15, 0.2) is 0 Å². The maximum Gasteiger partial charge on any atom is 0.314 e. The molecule has 10 heteroatoms. The zero-order chi connectivity index (χ0) is 22.5. The number of halogens is 3. The molecule has 0 bridgehead atoms. The Morgan fingerprint density at radius 2 is 1.75 bits per heavy atom. The minimum Gasteiger partial charge on any atom is -0.415 e. The number of nitrogens with zero attached hydrogens (tertiary/aromatic N) is 3. The Balaban J connectivity index is 1.57. The molecule has 0 aliphatic carbocycles. The summed E-state index contributed by atoms with van der Waals surface area (Å²) in [5.41, 5.74) is 2.23. The molecule has 0 N–H and O–H groups in total. The Kier molecular flexibility index (Phi) is 4.74. The van der Waals surface area contributed by atoms with Crippen LogP contribution in [0.1, 0.15) is 17.9 Å². The maximum absolute atomic E-state index is 13.8. The van der Waals surface area contributed by atoms with E-state index in [2.05, 4.69) is 10.2 Å². The van der Waals surface area contributed by atoms with Crippen LogP contribution in [-0.2, 0) is 16.6 Å². The summed E-state index contributed by atoms with van der Waals surface area (Å²) < 4.78 is 72.3. The van der Waals surface area contributed by atoms with Crippen LogP contribution in [0.2, 0.25) is 0 Å². The number of hydrogen-bond acceptors (Lipinski definition) is 5. The highest BCUT2D eigenvalue weighted by atomic mass is 32.2. The second-order valence-corrected chi connectivity index (χ2v) is 8.94. The van der Waals surface area contributed by atoms with Gasteiger partial charge in [-0.3, -0.25) is 4.31 Å². The van der Waals surface area contributed by atoms with E-state index >= 15 is 0 Å². The van der Waals surface area contributed by atoms with Crippen LogP contribution in [0.4, 0.5) is 18.9 Å². The predicted molar refractivity (Wildman–Crippen MR) is 110 cm³/mol. The fourth-order valence-electron chi connectivity index (χ4n) is 3.66. The van der Waals surface area contributed by atoms with Gasteiger partial charge in [0.1, 0.15) is 5.82 Å². The first-order valence-corrected chi connectivity index (χ1v) is 10.9. The smallest absolute Gasteiger partial charge is 0.314 e. The summed E-state index contributed by atoms with van der Waals surface area (Å²) in [7, 11) is -3.98. The second-order valence-electron chi connectivity index (χ2n) is 7.11. The number of sulfonamides is 1. The zero-order valence-corrected chi connectivity index (χ0v) is 17.1. The van der Waals surface area contributed by atoms with E-state index in [1.165, 1.54) is 22.5 Å². The van der Waals surface area contributed by atoms with Crippen molar-refractivity contribution in [1.29, 1.82) is 0 Å². The van der Waals surface area contributed by atoms with E-state index in [1.54, 1.807) is 48.5 Å². The molecule has 0 radical (unpaired) electrons. The predicted octanol–water partition coefficient (Wildman–Crippen LogP) is 5.19. The molecule has 0 atom stereocenters. The Bertz CT molecular complexity index is 1440. The molecule has 162 valence electrons. The summed E-state index contributed by atoms with van der Waals surface area (Å²) in [5.74, 6) is -1.47. The van der Waals surface area contributed by atoms with Gasteiger partial charge in [-0.1, -0.05) is 36.4 Å². The number of hydrogen-bond donors (Lipinski definition) is 0. The number of benzene rings is 3. The van der Waals surface area contributed by atoms with E-state index in [4.69, 9.17) is 4.42 Å². The number of aromatic nitrogens is 2. The first-order chi connectivity index (χ1) is 15.3. The first-order valence-electron chi connectivity index (χ1n) is 9.47. The topological polar surface area (TPSA) is 76.3 Å². The SMILES string of the molecule is O=S1(=O)c2cc(-c3nnc(C(F)F)o3)ccc2CN1c1ccccc1-c1cccc(F)c1. The lowest BCUT2D eigenvalue weighted by Gasteiger charge is -2.21. The summed E-state index contributed by atoms with van der Waals surface area (Å²) >= 11 is 0. The molecule has 0 saturated carbocycles. The number of para-hydroxylation sites is 1. The van der Waals surface area contributed by atoms with Gasteiger partial charge in [0, 0.05) is 11.1 Å². The van der Waals surface area contributed by atoms with Crippen molar-refractivity contribution in [1.82, 2.24) is 10.2 Å². The van der Waals surface area contributed by atoms with E-state index < -0.39 is 28.2 Å². The fourth-order valence-corrected chi connectivity index (χ4v) is 5.37. The van der Waals surface area contributed by atoms with Gasteiger partial charge in [-0.15, -0.1) is 10.2 Å². The largest absolute Gasteiger partial charge is 0.415 e.